The quantitative estimate of drug-likeness (QED) is 0.723. The third kappa shape index (κ3) is 4.22. The lowest BCUT2D eigenvalue weighted by atomic mass is 9.95. The molecule has 110 valence electrons. The number of rotatable bonds is 7. The summed E-state index contributed by atoms with van der Waals surface area (Å²) < 4.78 is 0. The maximum Gasteiger partial charge on any atom is 0.307 e. The summed E-state index contributed by atoms with van der Waals surface area (Å²) >= 11 is 0. The highest BCUT2D eigenvalue weighted by molar-refractivity contribution is 5.85. The van der Waals surface area contributed by atoms with Gasteiger partial charge in [0.2, 0.25) is 5.91 Å². The number of amides is 1. The van der Waals surface area contributed by atoms with E-state index in [1.807, 2.05) is 0 Å². The van der Waals surface area contributed by atoms with Gasteiger partial charge in [-0.2, -0.15) is 0 Å². The number of carboxylic acid groups (broad SMARTS) is 1. The van der Waals surface area contributed by atoms with Crippen LogP contribution in [0.5, 0.6) is 0 Å². The number of aliphatic carboxylic acids is 1. The Hall–Kier alpha value is -1.06. The summed E-state index contributed by atoms with van der Waals surface area (Å²) in [5.41, 5.74) is 0. The Balaban J connectivity index is 2.60. The highest BCUT2D eigenvalue weighted by atomic mass is 16.4. The van der Waals surface area contributed by atoms with Gasteiger partial charge in [-0.15, -0.1) is 0 Å². The fourth-order valence-corrected chi connectivity index (χ4v) is 3.01. The molecule has 1 amide bonds. The Morgan fingerprint density at radius 3 is 2.32 bits per heavy atom. The molecule has 0 aliphatic heterocycles. The maximum absolute atomic E-state index is 12.4. The highest BCUT2D eigenvalue weighted by Gasteiger charge is 2.42. The fourth-order valence-electron chi connectivity index (χ4n) is 3.01. The number of unbranched alkanes of at least 4 members (excludes halogenated alkanes) is 2. The lowest BCUT2D eigenvalue weighted by molar-refractivity contribution is -0.148. The van der Waals surface area contributed by atoms with E-state index in [0.29, 0.717) is 12.3 Å². The third-order valence-electron chi connectivity index (χ3n) is 4.35. The summed E-state index contributed by atoms with van der Waals surface area (Å²) in [6, 6.07) is 0. The summed E-state index contributed by atoms with van der Waals surface area (Å²) in [5, 5.41) is 9.27. The zero-order valence-electron chi connectivity index (χ0n) is 12.4. The Morgan fingerprint density at radius 1 is 1.16 bits per heavy atom. The van der Waals surface area contributed by atoms with Gasteiger partial charge in [0.05, 0.1) is 11.8 Å². The molecule has 0 radical (unpaired) electrons. The summed E-state index contributed by atoms with van der Waals surface area (Å²) in [6.07, 6.45) is 5.60. The second-order valence-electron chi connectivity index (χ2n) is 5.76. The normalized spacial score (nSPS) is 26.4. The van der Waals surface area contributed by atoms with Crippen molar-refractivity contribution in [1.82, 2.24) is 4.90 Å². The molecule has 1 aliphatic carbocycles. The molecule has 1 fully saturated rings. The average molecular weight is 269 g/mol. The lowest BCUT2D eigenvalue weighted by Crippen LogP contribution is -2.37. The summed E-state index contributed by atoms with van der Waals surface area (Å²) in [6.45, 7) is 4.94. The van der Waals surface area contributed by atoms with Crippen LogP contribution in [0.2, 0.25) is 0 Å². The van der Waals surface area contributed by atoms with Crippen molar-refractivity contribution in [1.29, 1.82) is 0 Å². The van der Waals surface area contributed by atoms with Crippen molar-refractivity contribution in [2.24, 2.45) is 17.8 Å². The Kier molecular flexibility index (Phi) is 6.32. The summed E-state index contributed by atoms with van der Waals surface area (Å²) in [4.78, 5) is 25.4. The molecule has 3 atom stereocenters. The molecule has 4 nitrogen and oxygen atoms in total. The molecule has 3 unspecified atom stereocenters. The lowest BCUT2D eigenvalue weighted by Gasteiger charge is -2.23. The molecule has 0 heterocycles. The molecule has 0 spiro atoms. The van der Waals surface area contributed by atoms with Gasteiger partial charge in [-0.1, -0.05) is 33.1 Å². The van der Waals surface area contributed by atoms with E-state index in [1.165, 1.54) is 0 Å². The minimum absolute atomic E-state index is 0.0273. The van der Waals surface area contributed by atoms with Gasteiger partial charge in [-0.3, -0.25) is 9.59 Å². The molecular formula is C15H27NO3. The van der Waals surface area contributed by atoms with Crippen LogP contribution >= 0.6 is 0 Å². The fraction of sp³-hybridized carbons (Fsp3) is 0.867. The smallest absolute Gasteiger partial charge is 0.307 e. The van der Waals surface area contributed by atoms with Crippen LogP contribution in [0, 0.1) is 17.8 Å². The average Bonchev–Trinajstić information content (AvgIpc) is 2.82. The molecule has 1 aliphatic rings. The van der Waals surface area contributed by atoms with Crippen molar-refractivity contribution in [3.8, 4) is 0 Å². The number of hydrogen-bond acceptors (Lipinski definition) is 2. The van der Waals surface area contributed by atoms with Crippen molar-refractivity contribution in [3.05, 3.63) is 0 Å². The predicted octanol–water partition coefficient (Wildman–Crippen LogP) is 2.77. The summed E-state index contributed by atoms with van der Waals surface area (Å²) in [5.74, 6) is -1.19. The van der Waals surface area contributed by atoms with Crippen LogP contribution in [-0.4, -0.2) is 35.5 Å². The van der Waals surface area contributed by atoms with Crippen molar-refractivity contribution >= 4 is 11.9 Å². The molecule has 0 saturated heterocycles. The van der Waals surface area contributed by atoms with Crippen molar-refractivity contribution in [3.63, 3.8) is 0 Å². The minimum atomic E-state index is -0.809. The first-order valence-electron chi connectivity index (χ1n) is 7.49. The predicted molar refractivity (Wildman–Crippen MR) is 74.8 cm³/mol. The van der Waals surface area contributed by atoms with Gasteiger partial charge in [0.25, 0.3) is 0 Å². The van der Waals surface area contributed by atoms with E-state index in [0.717, 1.165) is 38.6 Å². The minimum Gasteiger partial charge on any atom is -0.481 e. The molecule has 1 saturated carbocycles. The van der Waals surface area contributed by atoms with Crippen LogP contribution in [-0.2, 0) is 9.59 Å². The Morgan fingerprint density at radius 2 is 1.79 bits per heavy atom. The number of hydrogen-bond donors (Lipinski definition) is 1. The standard InChI is InChI=1S/C15H27NO3/c1-4-6-7-8-16(3)14(17)12-9-11(5-2)10-13(12)15(18)19/h11-13H,4-10H2,1-3H3,(H,18,19). The molecule has 1 N–H and O–H groups in total. The van der Waals surface area contributed by atoms with Gasteiger partial charge in [0, 0.05) is 13.6 Å². The number of nitrogens with zero attached hydrogens (tertiary/aromatic N) is 1. The van der Waals surface area contributed by atoms with Crippen molar-refractivity contribution in [2.75, 3.05) is 13.6 Å². The second-order valence-corrected chi connectivity index (χ2v) is 5.76. The van der Waals surface area contributed by atoms with Crippen LogP contribution in [0.15, 0.2) is 0 Å². The van der Waals surface area contributed by atoms with Crippen LogP contribution in [0.25, 0.3) is 0 Å². The van der Waals surface area contributed by atoms with Gasteiger partial charge in [-0.05, 0) is 25.2 Å². The zero-order valence-corrected chi connectivity index (χ0v) is 12.4. The molecule has 19 heavy (non-hydrogen) atoms. The number of carbonyl (C=O) groups excluding carboxylic acids is 1. The van der Waals surface area contributed by atoms with Gasteiger partial charge in [0.15, 0.2) is 0 Å². The first-order chi connectivity index (χ1) is 9.01. The van der Waals surface area contributed by atoms with Gasteiger partial charge >= 0.3 is 5.97 Å². The second kappa shape index (κ2) is 7.51. The largest absolute Gasteiger partial charge is 0.481 e. The monoisotopic (exact) mass is 269 g/mol. The van der Waals surface area contributed by atoms with Crippen LogP contribution in [0.1, 0.15) is 52.4 Å². The molecule has 0 aromatic rings. The first kappa shape index (κ1) is 16.0. The topological polar surface area (TPSA) is 57.6 Å². The Bertz CT molecular complexity index is 317. The van der Waals surface area contributed by atoms with Crippen LogP contribution < -0.4 is 0 Å². The SMILES string of the molecule is CCCCCN(C)C(=O)C1CC(CC)CC1C(=O)O. The van der Waals surface area contributed by atoms with E-state index in [4.69, 9.17) is 0 Å². The Labute approximate surface area is 116 Å². The highest BCUT2D eigenvalue weighted by Crippen LogP contribution is 2.39. The zero-order chi connectivity index (χ0) is 14.4. The van der Waals surface area contributed by atoms with E-state index in [9.17, 15) is 14.7 Å². The molecule has 1 rings (SSSR count). The molecule has 4 heteroatoms. The first-order valence-corrected chi connectivity index (χ1v) is 7.49. The van der Waals surface area contributed by atoms with Gasteiger partial charge < -0.3 is 10.0 Å². The van der Waals surface area contributed by atoms with E-state index in [-0.39, 0.29) is 11.8 Å². The molecular weight excluding hydrogens is 242 g/mol. The van der Waals surface area contributed by atoms with Crippen molar-refractivity contribution < 1.29 is 14.7 Å². The van der Waals surface area contributed by atoms with Crippen LogP contribution in [0.4, 0.5) is 0 Å². The molecule has 0 aromatic heterocycles. The number of carboxylic acids is 1. The van der Waals surface area contributed by atoms with E-state index in [2.05, 4.69) is 13.8 Å². The van der Waals surface area contributed by atoms with Gasteiger partial charge in [-0.25, -0.2) is 0 Å². The van der Waals surface area contributed by atoms with Crippen LogP contribution in [0.3, 0.4) is 0 Å². The molecule has 0 bridgehead atoms. The summed E-state index contributed by atoms with van der Waals surface area (Å²) in [7, 11) is 1.80. The maximum atomic E-state index is 12.4. The third-order valence-corrected chi connectivity index (χ3v) is 4.35. The van der Waals surface area contributed by atoms with E-state index < -0.39 is 11.9 Å². The van der Waals surface area contributed by atoms with Crippen molar-refractivity contribution in [2.45, 2.75) is 52.4 Å². The molecule has 0 aromatic carbocycles. The van der Waals surface area contributed by atoms with Gasteiger partial charge in [0.1, 0.15) is 0 Å². The van der Waals surface area contributed by atoms with E-state index >= 15 is 0 Å². The van der Waals surface area contributed by atoms with E-state index in [1.54, 1.807) is 11.9 Å². The number of carbonyl (C=O) groups is 2.